The number of aromatic nitrogens is 3. The molecule has 1 fully saturated rings. The van der Waals surface area contributed by atoms with Gasteiger partial charge in [0.15, 0.2) is 5.82 Å². The molecule has 0 aliphatic carbocycles. The Balaban J connectivity index is 1.87. The molecule has 2 aromatic heterocycles. The van der Waals surface area contributed by atoms with Crippen LogP contribution in [0.5, 0.6) is 0 Å². The minimum Gasteiger partial charge on any atom is -0.350 e. The molecule has 1 aliphatic heterocycles. The van der Waals surface area contributed by atoms with E-state index in [9.17, 15) is 10.1 Å². The number of anilines is 1. The standard InChI is InChI=1S/C13H14ClN5O3/c1-8-16-13(22-17-8)9-3-2-4-18(7-9)12-11(19(20)21)5-10(14)6-15-12/h5-6,9H,2-4,7H2,1H3. The van der Waals surface area contributed by atoms with E-state index in [2.05, 4.69) is 15.1 Å². The molecule has 1 atom stereocenters. The van der Waals surface area contributed by atoms with Crippen LogP contribution in [0.1, 0.15) is 30.5 Å². The first-order valence-electron chi connectivity index (χ1n) is 6.89. The van der Waals surface area contributed by atoms with Crippen LogP contribution in [0.25, 0.3) is 0 Å². The van der Waals surface area contributed by atoms with Gasteiger partial charge in [-0.25, -0.2) is 4.98 Å². The van der Waals surface area contributed by atoms with Crippen molar-refractivity contribution < 1.29 is 9.45 Å². The van der Waals surface area contributed by atoms with Crippen molar-refractivity contribution in [3.63, 3.8) is 0 Å². The Kier molecular flexibility index (Phi) is 3.93. The van der Waals surface area contributed by atoms with Crippen molar-refractivity contribution >= 4 is 23.1 Å². The van der Waals surface area contributed by atoms with Gasteiger partial charge in [0.1, 0.15) is 0 Å². The average molecular weight is 324 g/mol. The molecule has 1 saturated heterocycles. The second-order valence-electron chi connectivity index (χ2n) is 5.22. The summed E-state index contributed by atoms with van der Waals surface area (Å²) in [5.74, 6) is 1.53. The predicted octanol–water partition coefficient (Wildman–Crippen LogP) is 2.72. The van der Waals surface area contributed by atoms with Crippen molar-refractivity contribution in [1.82, 2.24) is 15.1 Å². The molecule has 22 heavy (non-hydrogen) atoms. The third-order valence-corrected chi connectivity index (χ3v) is 3.83. The van der Waals surface area contributed by atoms with E-state index in [1.165, 1.54) is 12.3 Å². The van der Waals surface area contributed by atoms with Crippen LogP contribution in [-0.2, 0) is 0 Å². The Morgan fingerprint density at radius 3 is 3.05 bits per heavy atom. The van der Waals surface area contributed by atoms with Crippen LogP contribution < -0.4 is 4.90 Å². The van der Waals surface area contributed by atoms with Gasteiger partial charge in [-0.1, -0.05) is 16.8 Å². The van der Waals surface area contributed by atoms with Gasteiger partial charge in [0.25, 0.3) is 0 Å². The highest BCUT2D eigenvalue weighted by Gasteiger charge is 2.30. The van der Waals surface area contributed by atoms with Gasteiger partial charge in [0, 0.05) is 25.4 Å². The smallest absolute Gasteiger partial charge is 0.313 e. The van der Waals surface area contributed by atoms with Gasteiger partial charge in [0.05, 0.1) is 15.9 Å². The third kappa shape index (κ3) is 2.87. The van der Waals surface area contributed by atoms with Crippen LogP contribution in [-0.4, -0.2) is 33.1 Å². The molecule has 2 aromatic rings. The zero-order chi connectivity index (χ0) is 15.7. The summed E-state index contributed by atoms with van der Waals surface area (Å²) in [6, 6.07) is 1.32. The highest BCUT2D eigenvalue weighted by molar-refractivity contribution is 6.30. The first-order chi connectivity index (χ1) is 10.5. The highest BCUT2D eigenvalue weighted by Crippen LogP contribution is 2.33. The summed E-state index contributed by atoms with van der Waals surface area (Å²) >= 11 is 5.81. The van der Waals surface area contributed by atoms with Crippen molar-refractivity contribution in [3.05, 3.63) is 39.1 Å². The summed E-state index contributed by atoms with van der Waals surface area (Å²) in [5, 5.41) is 15.3. The third-order valence-electron chi connectivity index (χ3n) is 3.62. The van der Waals surface area contributed by atoms with Crippen molar-refractivity contribution in [3.8, 4) is 0 Å². The molecule has 0 bridgehead atoms. The molecule has 0 radical (unpaired) electrons. The Bertz CT molecular complexity index is 705. The van der Waals surface area contributed by atoms with E-state index < -0.39 is 4.92 Å². The maximum atomic E-state index is 11.2. The quantitative estimate of drug-likeness (QED) is 0.632. The summed E-state index contributed by atoms with van der Waals surface area (Å²) in [4.78, 5) is 21.0. The summed E-state index contributed by atoms with van der Waals surface area (Å²) in [7, 11) is 0. The second-order valence-corrected chi connectivity index (χ2v) is 5.65. The molecule has 0 aromatic carbocycles. The van der Waals surface area contributed by atoms with E-state index in [-0.39, 0.29) is 16.6 Å². The molecule has 1 unspecified atom stereocenters. The first kappa shape index (κ1) is 14.7. The Morgan fingerprint density at radius 2 is 2.36 bits per heavy atom. The number of rotatable bonds is 3. The minimum absolute atomic E-state index is 0.0482. The monoisotopic (exact) mass is 323 g/mol. The van der Waals surface area contributed by atoms with Gasteiger partial charge in [-0.2, -0.15) is 4.98 Å². The highest BCUT2D eigenvalue weighted by atomic mass is 35.5. The Labute approximate surface area is 131 Å². The number of piperidine rings is 1. The lowest BCUT2D eigenvalue weighted by atomic mass is 9.98. The molecule has 8 nitrogen and oxygen atoms in total. The van der Waals surface area contributed by atoms with Gasteiger partial charge in [0.2, 0.25) is 11.7 Å². The van der Waals surface area contributed by atoms with Crippen LogP contribution >= 0.6 is 11.6 Å². The van der Waals surface area contributed by atoms with Crippen LogP contribution in [0, 0.1) is 17.0 Å². The summed E-state index contributed by atoms with van der Waals surface area (Å²) in [5.41, 5.74) is -0.0881. The number of nitrogens with zero attached hydrogens (tertiary/aromatic N) is 5. The largest absolute Gasteiger partial charge is 0.350 e. The molecule has 0 saturated carbocycles. The van der Waals surface area contributed by atoms with Gasteiger partial charge in [-0.15, -0.1) is 0 Å². The number of halogens is 1. The predicted molar refractivity (Wildman–Crippen MR) is 79.1 cm³/mol. The van der Waals surface area contributed by atoms with E-state index in [0.29, 0.717) is 30.6 Å². The second kappa shape index (κ2) is 5.88. The number of hydrogen-bond donors (Lipinski definition) is 0. The molecular weight excluding hydrogens is 310 g/mol. The van der Waals surface area contributed by atoms with E-state index in [1.807, 2.05) is 4.90 Å². The maximum absolute atomic E-state index is 11.2. The van der Waals surface area contributed by atoms with Crippen molar-refractivity contribution in [2.75, 3.05) is 18.0 Å². The fraction of sp³-hybridized carbons (Fsp3) is 0.462. The maximum Gasteiger partial charge on any atom is 0.313 e. The molecular formula is C13H14ClN5O3. The molecule has 3 heterocycles. The Hall–Kier alpha value is -2.22. The van der Waals surface area contributed by atoms with E-state index >= 15 is 0 Å². The Morgan fingerprint density at radius 1 is 1.55 bits per heavy atom. The van der Waals surface area contributed by atoms with Crippen molar-refractivity contribution in [1.29, 1.82) is 0 Å². The summed E-state index contributed by atoms with van der Waals surface area (Å²) < 4.78 is 5.22. The van der Waals surface area contributed by atoms with Gasteiger partial charge in [-0.05, 0) is 19.8 Å². The summed E-state index contributed by atoms with van der Waals surface area (Å²) in [6.45, 7) is 3.01. The normalized spacial score (nSPS) is 18.5. The topological polar surface area (TPSA) is 98.2 Å². The SMILES string of the molecule is Cc1noc(C2CCCN(c3ncc(Cl)cc3[N+](=O)[O-])C2)n1. The van der Waals surface area contributed by atoms with Crippen LogP contribution in [0.2, 0.25) is 5.02 Å². The summed E-state index contributed by atoms with van der Waals surface area (Å²) in [6.07, 6.45) is 3.19. The van der Waals surface area contributed by atoms with Crippen molar-refractivity contribution in [2.45, 2.75) is 25.7 Å². The molecule has 9 heteroatoms. The minimum atomic E-state index is -0.464. The molecule has 3 rings (SSSR count). The fourth-order valence-electron chi connectivity index (χ4n) is 2.65. The van der Waals surface area contributed by atoms with Crippen LogP contribution in [0.3, 0.4) is 0 Å². The number of nitro groups is 1. The lowest BCUT2D eigenvalue weighted by Crippen LogP contribution is -2.35. The molecule has 0 spiro atoms. The molecule has 0 amide bonds. The molecule has 1 aliphatic rings. The lowest BCUT2D eigenvalue weighted by molar-refractivity contribution is -0.384. The zero-order valence-electron chi connectivity index (χ0n) is 11.9. The van der Waals surface area contributed by atoms with Crippen LogP contribution in [0.4, 0.5) is 11.5 Å². The number of pyridine rings is 1. The zero-order valence-corrected chi connectivity index (χ0v) is 12.7. The van der Waals surface area contributed by atoms with Crippen molar-refractivity contribution in [2.24, 2.45) is 0 Å². The van der Waals surface area contributed by atoms with Gasteiger partial charge < -0.3 is 9.42 Å². The lowest BCUT2D eigenvalue weighted by Gasteiger charge is -2.31. The molecule has 0 N–H and O–H groups in total. The van der Waals surface area contributed by atoms with Gasteiger partial charge >= 0.3 is 5.69 Å². The van der Waals surface area contributed by atoms with E-state index in [1.54, 1.807) is 6.92 Å². The van der Waals surface area contributed by atoms with Crippen LogP contribution in [0.15, 0.2) is 16.8 Å². The molecule has 116 valence electrons. The van der Waals surface area contributed by atoms with Gasteiger partial charge in [-0.3, -0.25) is 10.1 Å². The van der Waals surface area contributed by atoms with E-state index in [0.717, 1.165) is 12.8 Å². The number of aryl methyl sites for hydroxylation is 1. The van der Waals surface area contributed by atoms with E-state index in [4.69, 9.17) is 16.1 Å². The first-order valence-corrected chi connectivity index (χ1v) is 7.27. The average Bonchev–Trinajstić information content (AvgIpc) is 2.94. The fourth-order valence-corrected chi connectivity index (χ4v) is 2.80. The number of hydrogen-bond acceptors (Lipinski definition) is 7.